The Balaban J connectivity index is 3.43. The first-order chi connectivity index (χ1) is 10.9. The molecular weight excluding hydrogens is 411 g/mol. The quantitative estimate of drug-likeness (QED) is 0.174. The molecule has 0 amide bonds. The van der Waals surface area contributed by atoms with Gasteiger partial charge < -0.3 is 0 Å². The number of hydrogen-bond acceptors (Lipinski definition) is 0. The van der Waals surface area contributed by atoms with Gasteiger partial charge in [-0.25, -0.2) is 0 Å². The summed E-state index contributed by atoms with van der Waals surface area (Å²) in [4.78, 5) is 0. The molecule has 0 N–H and O–H groups in total. The number of rotatable bonds is 10. The van der Waals surface area contributed by atoms with E-state index < -0.39 is 41.6 Å². The van der Waals surface area contributed by atoms with Gasteiger partial charge in [-0.2, -0.15) is 0 Å². The van der Waals surface area contributed by atoms with Gasteiger partial charge in [0, 0.05) is 0 Å². The monoisotopic (exact) mass is 440 g/mol. The molecule has 0 aromatic heterocycles. The van der Waals surface area contributed by atoms with Gasteiger partial charge in [-0.15, -0.1) is 0 Å². The normalized spacial score (nSPS) is 12.0. The fraction of sp³-hybridized carbons (Fsp3) is 0.667. The number of unbranched alkanes of at least 4 members (excludes halogenated alkanes) is 3. The average molecular weight is 439 g/mol. The molecule has 1 rings (SSSR count). The molecule has 0 saturated carbocycles. The molecule has 0 nitrogen and oxygen atoms in total. The molecule has 0 radical (unpaired) electrons. The van der Waals surface area contributed by atoms with E-state index >= 15 is 0 Å². The summed E-state index contributed by atoms with van der Waals surface area (Å²) in [6.45, 7) is 6.15. The van der Waals surface area contributed by atoms with Gasteiger partial charge in [-0.3, -0.25) is 0 Å². The maximum atomic E-state index is 14.5. The Bertz CT molecular complexity index is 481. The Hall–Kier alpha value is -0.261. The predicted molar refractivity (Wildman–Crippen MR) is 90.8 cm³/mol. The Morgan fingerprint density at radius 3 is 1.52 bits per heavy atom. The number of benzene rings is 1. The van der Waals surface area contributed by atoms with Gasteiger partial charge in [-0.05, 0) is 0 Å². The third kappa shape index (κ3) is 5.10. The summed E-state index contributed by atoms with van der Waals surface area (Å²) >= 11 is -3.45. The van der Waals surface area contributed by atoms with E-state index in [-0.39, 0.29) is 3.58 Å². The summed E-state index contributed by atoms with van der Waals surface area (Å²) in [5.41, 5.74) is 0. The van der Waals surface area contributed by atoms with E-state index in [0.717, 1.165) is 51.8 Å². The van der Waals surface area contributed by atoms with Gasteiger partial charge in [0.05, 0.1) is 0 Å². The molecule has 0 spiro atoms. The van der Waals surface area contributed by atoms with Crippen molar-refractivity contribution in [2.24, 2.45) is 0 Å². The van der Waals surface area contributed by atoms with Crippen LogP contribution in [0, 0.1) is 23.3 Å². The molecule has 0 aliphatic heterocycles. The van der Waals surface area contributed by atoms with Gasteiger partial charge >= 0.3 is 141 Å². The first kappa shape index (κ1) is 20.8. The Morgan fingerprint density at radius 1 is 0.696 bits per heavy atom. The SMILES string of the molecule is CCC[CH2][Sn]([CH2]CCC)([CH2]CCC)[c]1c(F)cc(F)c(F)c1F. The van der Waals surface area contributed by atoms with Gasteiger partial charge in [0.25, 0.3) is 0 Å². The van der Waals surface area contributed by atoms with E-state index in [9.17, 15) is 17.6 Å². The predicted octanol–water partition coefficient (Wildman–Crippen LogP) is 6.30. The summed E-state index contributed by atoms with van der Waals surface area (Å²) in [5.74, 6) is -5.04. The van der Waals surface area contributed by atoms with Crippen molar-refractivity contribution in [1.82, 2.24) is 0 Å². The molecule has 1 aromatic carbocycles. The Kier molecular flexibility index (Phi) is 8.94. The van der Waals surface area contributed by atoms with Gasteiger partial charge in [0.2, 0.25) is 0 Å². The van der Waals surface area contributed by atoms with Crippen LogP contribution in [0.5, 0.6) is 0 Å². The molecule has 132 valence electrons. The molecule has 0 fully saturated rings. The topological polar surface area (TPSA) is 0 Å². The van der Waals surface area contributed by atoms with Crippen LogP contribution in [-0.2, 0) is 0 Å². The van der Waals surface area contributed by atoms with Crippen molar-refractivity contribution in [3.05, 3.63) is 29.3 Å². The van der Waals surface area contributed by atoms with E-state index in [2.05, 4.69) is 0 Å². The van der Waals surface area contributed by atoms with Crippen molar-refractivity contribution in [2.75, 3.05) is 0 Å². The minimum absolute atomic E-state index is 0.0337. The third-order valence-electron chi connectivity index (χ3n) is 4.67. The van der Waals surface area contributed by atoms with Gasteiger partial charge in [-0.1, -0.05) is 0 Å². The van der Waals surface area contributed by atoms with Crippen LogP contribution in [-0.4, -0.2) is 18.4 Å². The van der Waals surface area contributed by atoms with Crippen LogP contribution in [0.4, 0.5) is 17.6 Å². The summed E-state index contributed by atoms with van der Waals surface area (Å²) < 4.78 is 58.5. The summed E-state index contributed by atoms with van der Waals surface area (Å²) in [6, 6.07) is 0.545. The van der Waals surface area contributed by atoms with Gasteiger partial charge in [0.1, 0.15) is 0 Å². The van der Waals surface area contributed by atoms with Crippen molar-refractivity contribution in [1.29, 1.82) is 0 Å². The number of hydrogen-bond donors (Lipinski definition) is 0. The first-order valence-corrected chi connectivity index (χ1v) is 16.2. The second-order valence-electron chi connectivity index (χ2n) is 6.43. The van der Waals surface area contributed by atoms with Gasteiger partial charge in [0.15, 0.2) is 0 Å². The van der Waals surface area contributed by atoms with Crippen LogP contribution < -0.4 is 3.58 Å². The zero-order chi connectivity index (χ0) is 17.5. The average Bonchev–Trinajstić information content (AvgIpc) is 2.53. The van der Waals surface area contributed by atoms with Crippen LogP contribution in [0.15, 0.2) is 6.07 Å². The van der Waals surface area contributed by atoms with Crippen LogP contribution in [0.3, 0.4) is 0 Å². The number of halogens is 4. The molecule has 0 unspecified atom stereocenters. The molecule has 0 aliphatic rings. The molecule has 5 heteroatoms. The summed E-state index contributed by atoms with van der Waals surface area (Å²) in [5, 5.41) is 0. The van der Waals surface area contributed by atoms with Crippen molar-refractivity contribution < 1.29 is 17.6 Å². The molecule has 0 aliphatic carbocycles. The van der Waals surface area contributed by atoms with Crippen molar-refractivity contribution in [3.8, 4) is 0 Å². The van der Waals surface area contributed by atoms with E-state index in [0.29, 0.717) is 6.07 Å². The molecule has 0 atom stereocenters. The summed E-state index contributed by atoms with van der Waals surface area (Å²) in [6.07, 6.45) is 5.56. The Labute approximate surface area is 141 Å². The minimum atomic E-state index is -3.45. The third-order valence-corrected chi connectivity index (χ3v) is 20.2. The van der Waals surface area contributed by atoms with E-state index in [1.165, 1.54) is 0 Å². The molecule has 0 bridgehead atoms. The second-order valence-corrected chi connectivity index (χ2v) is 19.5. The zero-order valence-electron chi connectivity index (χ0n) is 14.5. The fourth-order valence-electron chi connectivity index (χ4n) is 3.35. The van der Waals surface area contributed by atoms with E-state index in [4.69, 9.17) is 0 Å². The van der Waals surface area contributed by atoms with Crippen LogP contribution in [0.25, 0.3) is 0 Å². The van der Waals surface area contributed by atoms with Crippen molar-refractivity contribution in [2.45, 2.75) is 72.6 Å². The van der Waals surface area contributed by atoms with Crippen molar-refractivity contribution in [3.63, 3.8) is 0 Å². The molecule has 0 saturated heterocycles. The van der Waals surface area contributed by atoms with E-state index in [1.807, 2.05) is 20.8 Å². The molecule has 0 heterocycles. The van der Waals surface area contributed by atoms with Crippen LogP contribution >= 0.6 is 0 Å². The van der Waals surface area contributed by atoms with Crippen LogP contribution in [0.1, 0.15) is 59.3 Å². The first-order valence-electron chi connectivity index (χ1n) is 8.77. The zero-order valence-corrected chi connectivity index (χ0v) is 17.3. The summed E-state index contributed by atoms with van der Waals surface area (Å²) in [7, 11) is 0. The van der Waals surface area contributed by atoms with Crippen LogP contribution in [0.2, 0.25) is 13.3 Å². The Morgan fingerprint density at radius 2 is 1.13 bits per heavy atom. The maximum absolute atomic E-state index is 14.5. The fourth-order valence-corrected chi connectivity index (χ4v) is 19.7. The molecular formula is C18H28F4Sn. The standard InChI is InChI=1S/C6HF4.3C4H9.Sn/c7-3-1-4(8)6(10)5(9)2-3;3*1-3-4-2;/h1H;3*1,3-4H2,2H3;. The van der Waals surface area contributed by atoms with Crippen molar-refractivity contribution >= 4 is 22.0 Å². The molecule has 23 heavy (non-hydrogen) atoms. The second kappa shape index (κ2) is 9.90. The van der Waals surface area contributed by atoms with E-state index in [1.54, 1.807) is 0 Å². The molecule has 1 aromatic rings.